The van der Waals surface area contributed by atoms with Crippen molar-refractivity contribution in [2.24, 2.45) is 0 Å². The Morgan fingerprint density at radius 2 is 0.918 bits per heavy atom. The number of carbonyl (C=O) groups excluding carboxylic acids is 2. The Balaban J connectivity index is 0.000000731. The van der Waals surface area contributed by atoms with Crippen LogP contribution in [0.15, 0.2) is 97.6 Å². The maximum atomic E-state index is 11.6. The zero-order chi connectivity index (χ0) is 36.9. The Kier molecular flexibility index (Phi) is 29.6. The van der Waals surface area contributed by atoms with Crippen LogP contribution in [0.1, 0.15) is 82.5 Å². The fourth-order valence-electron chi connectivity index (χ4n) is 3.53. The van der Waals surface area contributed by atoms with Gasteiger partial charge in [0.2, 0.25) is 0 Å². The predicted molar refractivity (Wildman–Crippen MR) is 194 cm³/mol. The standard InChI is InChI=1S/C16H16N2O5.2C10H14.4ClH.2Ru/c19-15(13-3-1-5-17-11-13)22-9-7-21-8-10-23-16(20)14-4-2-6-18-12-14;2*1-8(2)10-6-4-9(3)5-7-10;;;;;;/h1-6,11-12H,7-10H2;2*4-8H,1-3H3;4*1H;;/q;;;;;;;2*+2/p-4. The van der Waals surface area contributed by atoms with E-state index in [0.29, 0.717) is 23.0 Å². The molecule has 0 radical (unpaired) electrons. The molecular weight excluding hydrogens is 884 g/mol. The van der Waals surface area contributed by atoms with Crippen molar-refractivity contribution in [2.45, 2.75) is 53.4 Å². The van der Waals surface area contributed by atoms with Crippen molar-refractivity contribution in [3.05, 3.63) is 131 Å². The summed E-state index contributed by atoms with van der Waals surface area (Å²) in [7, 11) is 19.4. The molecule has 2 aromatic heterocycles. The minimum atomic E-state index is -0.454. The first-order valence-electron chi connectivity index (χ1n) is 15.1. The number of aromatic nitrogens is 2. The zero-order valence-corrected chi connectivity index (χ0v) is 34.9. The topological polar surface area (TPSA) is 87.6 Å². The summed E-state index contributed by atoms with van der Waals surface area (Å²) in [5.41, 5.74) is 6.29. The predicted octanol–water partition coefficient (Wildman–Crippen LogP) is 10.5. The van der Waals surface area contributed by atoms with Gasteiger partial charge in [-0.25, -0.2) is 9.59 Å². The molecule has 0 fully saturated rings. The van der Waals surface area contributed by atoms with Gasteiger partial charge in [-0.2, -0.15) is 0 Å². The van der Waals surface area contributed by atoms with Gasteiger partial charge >= 0.3 is 81.0 Å². The molecule has 272 valence electrons. The number of hydrogen-bond donors (Lipinski definition) is 0. The van der Waals surface area contributed by atoms with Crippen LogP contribution in [0.4, 0.5) is 0 Å². The zero-order valence-electron chi connectivity index (χ0n) is 28.4. The maximum absolute atomic E-state index is 11.6. The van der Waals surface area contributed by atoms with E-state index in [1.54, 1.807) is 36.7 Å². The van der Waals surface area contributed by atoms with E-state index in [0.717, 1.165) is 0 Å². The number of aryl methyl sites for hydroxylation is 2. The van der Waals surface area contributed by atoms with Crippen LogP contribution in [0, 0.1) is 13.8 Å². The fourth-order valence-corrected chi connectivity index (χ4v) is 3.53. The number of halogens is 4. The summed E-state index contributed by atoms with van der Waals surface area (Å²) in [5, 5.41) is 0. The normalized spacial score (nSPS) is 9.88. The van der Waals surface area contributed by atoms with E-state index < -0.39 is 11.9 Å². The van der Waals surface area contributed by atoms with Crippen molar-refractivity contribution in [3.8, 4) is 0 Å². The first-order valence-corrected chi connectivity index (χ1v) is 24.0. The van der Waals surface area contributed by atoms with Crippen LogP contribution in [0.2, 0.25) is 0 Å². The van der Waals surface area contributed by atoms with Crippen LogP contribution < -0.4 is 0 Å². The molecule has 0 bridgehead atoms. The molecule has 0 unspecified atom stereocenters. The Labute approximate surface area is 323 Å². The van der Waals surface area contributed by atoms with Crippen LogP contribution in [0.25, 0.3) is 0 Å². The Bertz CT molecular complexity index is 1280. The first kappa shape index (κ1) is 47.0. The minimum absolute atomic E-state index is 0.115. The summed E-state index contributed by atoms with van der Waals surface area (Å²) >= 11 is -0.691. The molecule has 4 aromatic rings. The van der Waals surface area contributed by atoms with Crippen molar-refractivity contribution in [2.75, 3.05) is 26.4 Å². The second-order valence-electron chi connectivity index (χ2n) is 10.6. The van der Waals surface area contributed by atoms with Crippen molar-refractivity contribution < 1.29 is 54.1 Å². The van der Waals surface area contributed by atoms with Crippen LogP contribution in [-0.2, 0) is 44.5 Å². The Morgan fingerprint density at radius 3 is 1.18 bits per heavy atom. The molecule has 0 aliphatic carbocycles. The van der Waals surface area contributed by atoms with Crippen LogP contribution in [0.3, 0.4) is 0 Å². The van der Waals surface area contributed by atoms with E-state index >= 15 is 0 Å². The van der Waals surface area contributed by atoms with Gasteiger partial charge in [0, 0.05) is 24.8 Å². The molecule has 2 heterocycles. The van der Waals surface area contributed by atoms with Crippen molar-refractivity contribution in [1.82, 2.24) is 9.97 Å². The second kappa shape index (κ2) is 30.8. The van der Waals surface area contributed by atoms with Gasteiger partial charge in [0.25, 0.3) is 0 Å². The van der Waals surface area contributed by atoms with Gasteiger partial charge in [0.15, 0.2) is 0 Å². The number of rotatable bonds is 10. The van der Waals surface area contributed by atoms with Crippen LogP contribution >= 0.6 is 38.8 Å². The molecule has 0 aliphatic rings. The Morgan fingerprint density at radius 1 is 0.592 bits per heavy atom. The van der Waals surface area contributed by atoms with Crippen molar-refractivity contribution in [3.63, 3.8) is 0 Å². The number of carbonyl (C=O) groups is 2. The quantitative estimate of drug-likeness (QED) is 0.0889. The van der Waals surface area contributed by atoms with Crippen LogP contribution in [-0.4, -0.2) is 48.3 Å². The van der Waals surface area contributed by atoms with Gasteiger partial charge in [0.1, 0.15) is 13.2 Å². The van der Waals surface area contributed by atoms with E-state index in [2.05, 4.69) is 100 Å². The molecule has 0 spiro atoms. The van der Waals surface area contributed by atoms with Gasteiger partial charge in [0.05, 0.1) is 24.3 Å². The molecule has 0 amide bonds. The van der Waals surface area contributed by atoms with Crippen molar-refractivity contribution >= 4 is 50.7 Å². The third-order valence-corrected chi connectivity index (χ3v) is 6.20. The summed E-state index contributed by atoms with van der Waals surface area (Å²) in [5.74, 6) is 0.399. The molecule has 0 N–H and O–H groups in total. The van der Waals surface area contributed by atoms with E-state index in [1.165, 1.54) is 34.6 Å². The molecule has 0 atom stereocenters. The number of pyridine rings is 2. The van der Waals surface area contributed by atoms with Gasteiger partial charge in [-0.3, -0.25) is 9.97 Å². The van der Waals surface area contributed by atoms with E-state index in [1.807, 2.05) is 0 Å². The molecule has 0 saturated heterocycles. The summed E-state index contributed by atoms with van der Waals surface area (Å²) in [4.78, 5) is 30.8. The SMILES string of the molecule is Cc1ccc(C(C)C)cc1.Cc1ccc(C(C)C)cc1.O=C(OCCOCCOC(=O)c1cccnc1)c1cccnc1.[Cl][Ru][Cl].[Cl][Ru][Cl]. The van der Waals surface area contributed by atoms with Gasteiger partial charge in [-0.05, 0) is 61.1 Å². The van der Waals surface area contributed by atoms with Gasteiger partial charge < -0.3 is 14.2 Å². The third kappa shape index (κ3) is 24.8. The molecular formula is C36H44Cl4N2O5Ru2. The summed E-state index contributed by atoms with van der Waals surface area (Å²) in [6.07, 6.45) is 6.02. The molecule has 2 aromatic carbocycles. The number of nitrogens with zero attached hydrogens (tertiary/aromatic N) is 2. The monoisotopic (exact) mass is 928 g/mol. The van der Waals surface area contributed by atoms with E-state index in [4.69, 9.17) is 53.0 Å². The van der Waals surface area contributed by atoms with Gasteiger partial charge in [-0.15, -0.1) is 0 Å². The van der Waals surface area contributed by atoms with E-state index in [9.17, 15) is 9.59 Å². The Hall–Kier alpha value is -1.95. The second-order valence-corrected chi connectivity index (χ2v) is 15.9. The molecule has 0 aliphatic heterocycles. The number of hydrogen-bond acceptors (Lipinski definition) is 7. The summed E-state index contributed by atoms with van der Waals surface area (Å²) in [6.45, 7) is 13.8. The third-order valence-electron chi connectivity index (χ3n) is 6.20. The number of benzene rings is 2. The molecule has 4 rings (SSSR count). The molecule has 0 saturated carbocycles. The molecule has 7 nitrogen and oxygen atoms in total. The average Bonchev–Trinajstić information content (AvgIpc) is 3.10. The number of esters is 2. The molecule has 13 heteroatoms. The molecule has 49 heavy (non-hydrogen) atoms. The fraction of sp³-hybridized carbons (Fsp3) is 0.333. The van der Waals surface area contributed by atoms with E-state index in [-0.39, 0.29) is 56.7 Å². The summed E-state index contributed by atoms with van der Waals surface area (Å²) in [6, 6.07) is 24.0. The first-order chi connectivity index (χ1) is 23.5. The number of ether oxygens (including phenoxy) is 3. The average molecular weight is 929 g/mol. The van der Waals surface area contributed by atoms with Crippen LogP contribution in [0.5, 0.6) is 0 Å². The summed E-state index contributed by atoms with van der Waals surface area (Å²) < 4.78 is 15.2. The van der Waals surface area contributed by atoms with Crippen molar-refractivity contribution in [1.29, 1.82) is 0 Å². The van der Waals surface area contributed by atoms with Gasteiger partial charge in [-0.1, -0.05) is 87.4 Å².